The molecular weight excluding hydrogens is 426 g/mol. The molecule has 0 bridgehead atoms. The van der Waals surface area contributed by atoms with Crippen LogP contribution in [-0.2, 0) is 4.79 Å². The molecule has 3 aromatic carbocycles. The van der Waals surface area contributed by atoms with Crippen LogP contribution >= 0.6 is 0 Å². The average molecular weight is 454 g/mol. The number of carboxylic acids is 1. The molecule has 0 spiro atoms. The lowest BCUT2D eigenvalue weighted by Gasteiger charge is -2.20. The maximum absolute atomic E-state index is 10.9. The van der Waals surface area contributed by atoms with Gasteiger partial charge in [-0.25, -0.2) is 9.78 Å². The van der Waals surface area contributed by atoms with Crippen molar-refractivity contribution in [1.82, 2.24) is 4.98 Å². The largest absolute Gasteiger partial charge is 0.482 e. The zero-order valence-corrected chi connectivity index (χ0v) is 18.9. The van der Waals surface area contributed by atoms with Crippen LogP contribution in [0.25, 0.3) is 33.8 Å². The molecule has 34 heavy (non-hydrogen) atoms. The van der Waals surface area contributed by atoms with Crippen LogP contribution in [0.5, 0.6) is 5.75 Å². The maximum atomic E-state index is 10.9. The van der Waals surface area contributed by atoms with Crippen LogP contribution in [-0.4, -0.2) is 22.7 Å². The van der Waals surface area contributed by atoms with E-state index in [1.807, 2.05) is 60.7 Å². The molecule has 1 aliphatic carbocycles. The number of oxazole rings is 1. The SMILES string of the molecule is O=C(O)COc1cccc(-c2ccccc2-c2nc(-c3ccccc3)c(C3CCCCC3)o2)c1. The van der Waals surface area contributed by atoms with Crippen LogP contribution in [0.2, 0.25) is 0 Å². The summed E-state index contributed by atoms with van der Waals surface area (Å²) in [6.07, 6.45) is 5.96. The highest BCUT2D eigenvalue weighted by Crippen LogP contribution is 2.42. The van der Waals surface area contributed by atoms with Crippen LogP contribution in [0, 0.1) is 0 Å². The molecule has 172 valence electrons. The maximum Gasteiger partial charge on any atom is 0.341 e. The van der Waals surface area contributed by atoms with Crippen molar-refractivity contribution in [2.75, 3.05) is 6.61 Å². The Balaban J connectivity index is 1.57. The van der Waals surface area contributed by atoms with Crippen LogP contribution in [0.1, 0.15) is 43.8 Å². The highest BCUT2D eigenvalue weighted by Gasteiger charge is 2.26. The molecule has 1 fully saturated rings. The van der Waals surface area contributed by atoms with Gasteiger partial charge in [0.15, 0.2) is 6.61 Å². The summed E-state index contributed by atoms with van der Waals surface area (Å²) in [7, 11) is 0. The molecule has 5 nitrogen and oxygen atoms in total. The Morgan fingerprint density at radius 2 is 1.59 bits per heavy atom. The molecule has 0 atom stereocenters. The fraction of sp³-hybridized carbons (Fsp3) is 0.241. The zero-order valence-electron chi connectivity index (χ0n) is 18.9. The minimum atomic E-state index is -1.01. The number of nitrogens with zero attached hydrogens (tertiary/aromatic N) is 1. The summed E-state index contributed by atoms with van der Waals surface area (Å²) in [4.78, 5) is 15.9. The highest BCUT2D eigenvalue weighted by atomic mass is 16.5. The van der Waals surface area contributed by atoms with Gasteiger partial charge in [0.05, 0.1) is 0 Å². The Hall–Kier alpha value is -3.86. The first-order valence-corrected chi connectivity index (χ1v) is 11.8. The molecule has 0 radical (unpaired) electrons. The summed E-state index contributed by atoms with van der Waals surface area (Å²) in [5, 5.41) is 8.94. The van der Waals surface area contributed by atoms with Crippen LogP contribution < -0.4 is 4.74 Å². The molecule has 5 rings (SSSR count). The lowest BCUT2D eigenvalue weighted by atomic mass is 9.86. The van der Waals surface area contributed by atoms with Gasteiger partial charge >= 0.3 is 5.97 Å². The summed E-state index contributed by atoms with van der Waals surface area (Å²) >= 11 is 0. The van der Waals surface area contributed by atoms with E-state index in [9.17, 15) is 4.79 Å². The fourth-order valence-corrected chi connectivity index (χ4v) is 4.71. The first kappa shape index (κ1) is 22.0. The Bertz CT molecular complexity index is 1270. The second kappa shape index (κ2) is 9.96. The normalized spacial score (nSPS) is 14.1. The predicted octanol–water partition coefficient (Wildman–Crippen LogP) is 7.19. The van der Waals surface area contributed by atoms with E-state index in [0.29, 0.717) is 17.6 Å². The Kier molecular flexibility index (Phi) is 6.43. The van der Waals surface area contributed by atoms with Gasteiger partial charge in [0.2, 0.25) is 5.89 Å². The Morgan fingerprint density at radius 3 is 2.35 bits per heavy atom. The van der Waals surface area contributed by atoms with Gasteiger partial charge in [-0.2, -0.15) is 0 Å². The molecule has 1 heterocycles. The number of hydrogen-bond donors (Lipinski definition) is 1. The van der Waals surface area contributed by atoms with E-state index in [1.165, 1.54) is 19.3 Å². The van der Waals surface area contributed by atoms with Crippen LogP contribution in [0.15, 0.2) is 83.3 Å². The standard InChI is InChI=1S/C29H27NO4/c31-26(32)19-33-23-15-9-14-22(18-23)24-16-7-8-17-25(24)29-30-27(20-10-3-1-4-11-20)28(34-29)21-12-5-2-6-13-21/h1,3-4,7-11,14-18,21H,2,5-6,12-13,19H2,(H,31,32). The average Bonchev–Trinajstić information content (AvgIpc) is 3.34. The summed E-state index contributed by atoms with van der Waals surface area (Å²) in [6, 6.07) is 25.7. The van der Waals surface area contributed by atoms with Gasteiger partial charge in [-0.3, -0.25) is 0 Å². The first-order chi connectivity index (χ1) is 16.7. The monoisotopic (exact) mass is 453 g/mol. The van der Waals surface area contributed by atoms with Gasteiger partial charge in [0.25, 0.3) is 0 Å². The van der Waals surface area contributed by atoms with Crippen LogP contribution in [0.4, 0.5) is 0 Å². The highest BCUT2D eigenvalue weighted by molar-refractivity contribution is 5.81. The molecule has 0 aliphatic heterocycles. The molecule has 0 amide bonds. The number of aromatic nitrogens is 1. The molecule has 5 heteroatoms. The van der Waals surface area contributed by atoms with Crippen LogP contribution in [0.3, 0.4) is 0 Å². The smallest absolute Gasteiger partial charge is 0.341 e. The van der Waals surface area contributed by atoms with Crippen molar-refractivity contribution in [2.24, 2.45) is 0 Å². The fourth-order valence-electron chi connectivity index (χ4n) is 4.71. The summed E-state index contributed by atoms with van der Waals surface area (Å²) in [6.45, 7) is -0.379. The molecule has 1 N–H and O–H groups in total. The Morgan fingerprint density at radius 1 is 0.882 bits per heavy atom. The summed E-state index contributed by atoms with van der Waals surface area (Å²) < 4.78 is 11.9. The van der Waals surface area contributed by atoms with Gasteiger partial charge in [-0.1, -0.05) is 79.9 Å². The van der Waals surface area contributed by atoms with E-state index in [-0.39, 0.29) is 6.61 Å². The third kappa shape index (κ3) is 4.74. The van der Waals surface area contributed by atoms with Gasteiger partial charge in [-0.15, -0.1) is 0 Å². The number of hydrogen-bond acceptors (Lipinski definition) is 4. The topological polar surface area (TPSA) is 72.6 Å². The Labute approximate surface area is 199 Å². The van der Waals surface area contributed by atoms with Crippen molar-refractivity contribution < 1.29 is 19.1 Å². The first-order valence-electron chi connectivity index (χ1n) is 11.8. The van der Waals surface area contributed by atoms with E-state index in [0.717, 1.165) is 46.5 Å². The third-order valence-corrected chi connectivity index (χ3v) is 6.34. The lowest BCUT2D eigenvalue weighted by molar-refractivity contribution is -0.139. The summed E-state index contributed by atoms with van der Waals surface area (Å²) in [5.41, 5.74) is 4.77. The zero-order chi connectivity index (χ0) is 23.3. The molecular formula is C29H27NO4. The van der Waals surface area contributed by atoms with Crippen molar-refractivity contribution in [3.63, 3.8) is 0 Å². The summed E-state index contributed by atoms with van der Waals surface area (Å²) in [5.74, 6) is 1.47. The molecule has 0 saturated heterocycles. The molecule has 1 aromatic heterocycles. The van der Waals surface area contributed by atoms with Crippen molar-refractivity contribution in [3.8, 4) is 39.6 Å². The van der Waals surface area contributed by atoms with E-state index in [4.69, 9.17) is 19.2 Å². The van der Waals surface area contributed by atoms with Crippen molar-refractivity contribution in [1.29, 1.82) is 0 Å². The van der Waals surface area contributed by atoms with E-state index in [2.05, 4.69) is 12.1 Å². The quantitative estimate of drug-likeness (QED) is 0.321. The minimum Gasteiger partial charge on any atom is -0.482 e. The molecule has 1 saturated carbocycles. The number of ether oxygens (including phenoxy) is 1. The van der Waals surface area contributed by atoms with Gasteiger partial charge in [0, 0.05) is 17.0 Å². The van der Waals surface area contributed by atoms with Gasteiger partial charge in [0.1, 0.15) is 17.2 Å². The van der Waals surface area contributed by atoms with Gasteiger partial charge < -0.3 is 14.3 Å². The molecule has 0 unspecified atom stereocenters. The van der Waals surface area contributed by atoms with E-state index < -0.39 is 5.97 Å². The molecule has 4 aromatic rings. The number of aliphatic carboxylic acids is 1. The van der Waals surface area contributed by atoms with Gasteiger partial charge in [-0.05, 0) is 42.2 Å². The van der Waals surface area contributed by atoms with Crippen molar-refractivity contribution in [2.45, 2.75) is 38.0 Å². The van der Waals surface area contributed by atoms with E-state index in [1.54, 1.807) is 6.07 Å². The minimum absolute atomic E-state index is 0.379. The van der Waals surface area contributed by atoms with E-state index >= 15 is 0 Å². The lowest BCUT2D eigenvalue weighted by Crippen LogP contribution is -2.09. The third-order valence-electron chi connectivity index (χ3n) is 6.34. The van der Waals surface area contributed by atoms with Crippen molar-refractivity contribution >= 4 is 5.97 Å². The second-order valence-electron chi connectivity index (χ2n) is 8.69. The number of carboxylic acid groups (broad SMARTS) is 1. The molecule has 1 aliphatic rings. The predicted molar refractivity (Wildman–Crippen MR) is 132 cm³/mol. The number of rotatable bonds is 7. The van der Waals surface area contributed by atoms with Crippen molar-refractivity contribution in [3.05, 3.63) is 84.6 Å². The number of carbonyl (C=O) groups is 1. The number of benzene rings is 3. The second-order valence-corrected chi connectivity index (χ2v) is 8.69.